The molecule has 1 aromatic carbocycles. The van der Waals surface area contributed by atoms with Crippen molar-refractivity contribution in [3.63, 3.8) is 0 Å². The lowest BCUT2D eigenvalue weighted by molar-refractivity contribution is 0.252. The van der Waals surface area contributed by atoms with Crippen LogP contribution >= 0.6 is 0 Å². The second kappa shape index (κ2) is 7.79. The molecule has 0 atom stereocenters. The number of benzene rings is 1. The molecule has 2 N–H and O–H groups in total. The molecule has 0 unspecified atom stereocenters. The Morgan fingerprint density at radius 2 is 2.17 bits per heavy atom. The first-order chi connectivity index (χ1) is 11.3. The van der Waals surface area contributed by atoms with E-state index in [0.717, 1.165) is 49.1 Å². The molecule has 0 aliphatic heterocycles. The van der Waals surface area contributed by atoms with Gasteiger partial charge >= 0.3 is 0 Å². The van der Waals surface area contributed by atoms with E-state index in [1.807, 2.05) is 13.1 Å². The minimum Gasteiger partial charge on any atom is -0.493 e. The number of H-pyrrole nitrogens is 1. The standard InChI is InChI=1S/C18H28N4O/c1-19-9-10-22(2)12-18-16-11-15(7-8-17(16)20-21-18)23-13-14-5-3-4-6-14/h7-8,11,14,19H,3-6,9-10,12-13H2,1-2H3,(H,20,21). The molecule has 1 aliphatic carbocycles. The summed E-state index contributed by atoms with van der Waals surface area (Å²) in [7, 11) is 4.10. The zero-order chi connectivity index (χ0) is 16.1. The van der Waals surface area contributed by atoms with Crippen molar-refractivity contribution in [3.8, 4) is 5.75 Å². The van der Waals surface area contributed by atoms with Crippen molar-refractivity contribution in [2.75, 3.05) is 33.8 Å². The van der Waals surface area contributed by atoms with Crippen molar-refractivity contribution in [3.05, 3.63) is 23.9 Å². The van der Waals surface area contributed by atoms with E-state index in [1.54, 1.807) is 0 Å². The number of ether oxygens (including phenoxy) is 1. The van der Waals surface area contributed by atoms with Gasteiger partial charge in [-0.05, 0) is 51.1 Å². The van der Waals surface area contributed by atoms with Gasteiger partial charge in [0.05, 0.1) is 17.8 Å². The highest BCUT2D eigenvalue weighted by Gasteiger charge is 2.16. The van der Waals surface area contributed by atoms with Crippen molar-refractivity contribution < 1.29 is 4.74 Å². The number of aromatic amines is 1. The highest BCUT2D eigenvalue weighted by atomic mass is 16.5. The summed E-state index contributed by atoms with van der Waals surface area (Å²) in [5.41, 5.74) is 2.17. The summed E-state index contributed by atoms with van der Waals surface area (Å²) in [6.45, 7) is 3.67. The molecule has 1 aliphatic rings. The van der Waals surface area contributed by atoms with E-state index in [4.69, 9.17) is 4.74 Å². The van der Waals surface area contributed by atoms with Crippen molar-refractivity contribution >= 4 is 10.9 Å². The van der Waals surface area contributed by atoms with Gasteiger partial charge < -0.3 is 10.1 Å². The topological polar surface area (TPSA) is 53.2 Å². The van der Waals surface area contributed by atoms with Crippen LogP contribution < -0.4 is 10.1 Å². The lowest BCUT2D eigenvalue weighted by Gasteiger charge is -2.15. The molecular formula is C18H28N4O. The summed E-state index contributed by atoms with van der Waals surface area (Å²) in [5.74, 6) is 1.70. The summed E-state index contributed by atoms with van der Waals surface area (Å²) in [6, 6.07) is 6.25. The number of likely N-dealkylation sites (N-methyl/N-ethyl adjacent to an activating group) is 2. The highest BCUT2D eigenvalue weighted by molar-refractivity contribution is 5.82. The molecule has 1 heterocycles. The maximum atomic E-state index is 6.03. The Hall–Kier alpha value is -1.59. The van der Waals surface area contributed by atoms with Crippen molar-refractivity contribution in [1.82, 2.24) is 20.4 Å². The number of nitrogens with zero attached hydrogens (tertiary/aromatic N) is 2. The summed E-state index contributed by atoms with van der Waals surface area (Å²) in [5, 5.41) is 12.0. The van der Waals surface area contributed by atoms with Gasteiger partial charge in [-0.2, -0.15) is 5.10 Å². The zero-order valence-corrected chi connectivity index (χ0v) is 14.3. The number of rotatable bonds is 8. The number of aromatic nitrogens is 2. The van der Waals surface area contributed by atoms with Crippen LogP contribution in [0.1, 0.15) is 31.4 Å². The van der Waals surface area contributed by atoms with Gasteiger partial charge in [0.25, 0.3) is 0 Å². The highest BCUT2D eigenvalue weighted by Crippen LogP contribution is 2.27. The normalized spacial score (nSPS) is 15.8. The SMILES string of the molecule is CNCCN(C)Cc1n[nH]c2ccc(OCC3CCCC3)cc12. The molecule has 5 heteroatoms. The van der Waals surface area contributed by atoms with E-state index in [9.17, 15) is 0 Å². The molecule has 1 aromatic heterocycles. The minimum atomic E-state index is 0.738. The Kier molecular flexibility index (Phi) is 5.51. The van der Waals surface area contributed by atoms with E-state index in [1.165, 1.54) is 31.1 Å². The second-order valence-electron chi connectivity index (χ2n) is 6.68. The Labute approximate surface area is 138 Å². The van der Waals surface area contributed by atoms with Gasteiger partial charge in [0.2, 0.25) is 0 Å². The first kappa shape index (κ1) is 16.3. The van der Waals surface area contributed by atoms with Crippen molar-refractivity contribution in [2.45, 2.75) is 32.2 Å². The van der Waals surface area contributed by atoms with Gasteiger partial charge in [0, 0.05) is 25.0 Å². The number of hydrogen-bond donors (Lipinski definition) is 2. The van der Waals surface area contributed by atoms with E-state index in [0.29, 0.717) is 0 Å². The van der Waals surface area contributed by atoms with Gasteiger partial charge in [-0.1, -0.05) is 12.8 Å². The maximum Gasteiger partial charge on any atom is 0.120 e. The zero-order valence-electron chi connectivity index (χ0n) is 14.3. The van der Waals surface area contributed by atoms with Gasteiger partial charge in [-0.25, -0.2) is 0 Å². The molecule has 1 fully saturated rings. The summed E-state index contributed by atoms with van der Waals surface area (Å²) >= 11 is 0. The molecule has 0 radical (unpaired) electrons. The van der Waals surface area contributed by atoms with Gasteiger partial charge in [0.15, 0.2) is 0 Å². The van der Waals surface area contributed by atoms with E-state index < -0.39 is 0 Å². The third-order valence-corrected chi connectivity index (χ3v) is 4.74. The smallest absolute Gasteiger partial charge is 0.120 e. The molecule has 1 saturated carbocycles. The van der Waals surface area contributed by atoms with Crippen LogP contribution in [0.25, 0.3) is 10.9 Å². The number of nitrogens with one attached hydrogen (secondary N) is 2. The first-order valence-electron chi connectivity index (χ1n) is 8.69. The Balaban J connectivity index is 1.66. The van der Waals surface area contributed by atoms with Gasteiger partial charge in [0.1, 0.15) is 5.75 Å². The molecule has 2 aromatic rings. The van der Waals surface area contributed by atoms with Crippen LogP contribution in [0.5, 0.6) is 5.75 Å². The fraction of sp³-hybridized carbons (Fsp3) is 0.611. The van der Waals surface area contributed by atoms with Crippen LogP contribution in [-0.2, 0) is 6.54 Å². The summed E-state index contributed by atoms with van der Waals surface area (Å²) in [6.07, 6.45) is 5.35. The monoisotopic (exact) mass is 316 g/mol. The molecule has 3 rings (SSSR count). The molecular weight excluding hydrogens is 288 g/mol. The van der Waals surface area contributed by atoms with Crippen LogP contribution in [0.15, 0.2) is 18.2 Å². The van der Waals surface area contributed by atoms with Crippen molar-refractivity contribution in [2.24, 2.45) is 5.92 Å². The third-order valence-electron chi connectivity index (χ3n) is 4.74. The largest absolute Gasteiger partial charge is 0.493 e. The van der Waals surface area contributed by atoms with E-state index in [-0.39, 0.29) is 0 Å². The molecule has 23 heavy (non-hydrogen) atoms. The first-order valence-corrected chi connectivity index (χ1v) is 8.69. The molecule has 126 valence electrons. The quantitative estimate of drug-likeness (QED) is 0.786. The van der Waals surface area contributed by atoms with E-state index in [2.05, 4.69) is 39.6 Å². The third kappa shape index (κ3) is 4.24. The molecule has 5 nitrogen and oxygen atoms in total. The number of hydrogen-bond acceptors (Lipinski definition) is 4. The average Bonchev–Trinajstić information content (AvgIpc) is 3.21. The lowest BCUT2D eigenvalue weighted by atomic mass is 10.1. The van der Waals surface area contributed by atoms with Crippen molar-refractivity contribution in [1.29, 1.82) is 0 Å². The second-order valence-corrected chi connectivity index (χ2v) is 6.68. The molecule has 0 spiro atoms. The molecule has 0 saturated heterocycles. The van der Waals surface area contributed by atoms with E-state index >= 15 is 0 Å². The molecule has 0 bridgehead atoms. The minimum absolute atomic E-state index is 0.738. The van der Waals surface area contributed by atoms with Crippen LogP contribution in [0.3, 0.4) is 0 Å². The van der Waals surface area contributed by atoms with Gasteiger partial charge in [-0.3, -0.25) is 10.00 Å². The van der Waals surface area contributed by atoms with Crippen LogP contribution in [0.4, 0.5) is 0 Å². The summed E-state index contributed by atoms with van der Waals surface area (Å²) < 4.78 is 6.03. The molecule has 0 amide bonds. The van der Waals surface area contributed by atoms with Crippen LogP contribution in [-0.4, -0.2) is 48.9 Å². The predicted molar refractivity (Wildman–Crippen MR) is 93.8 cm³/mol. The maximum absolute atomic E-state index is 6.03. The Morgan fingerprint density at radius 3 is 2.96 bits per heavy atom. The number of fused-ring (bicyclic) bond motifs is 1. The fourth-order valence-corrected chi connectivity index (χ4v) is 3.29. The van der Waals surface area contributed by atoms with Gasteiger partial charge in [-0.15, -0.1) is 0 Å². The Bertz CT molecular complexity index is 619. The average molecular weight is 316 g/mol. The van der Waals surface area contributed by atoms with Crippen LogP contribution in [0, 0.1) is 5.92 Å². The Morgan fingerprint density at radius 1 is 1.35 bits per heavy atom. The lowest BCUT2D eigenvalue weighted by Crippen LogP contribution is -2.27. The predicted octanol–water partition coefficient (Wildman–Crippen LogP) is 2.78. The summed E-state index contributed by atoms with van der Waals surface area (Å²) in [4.78, 5) is 2.28. The van der Waals surface area contributed by atoms with Crippen LogP contribution in [0.2, 0.25) is 0 Å². The fourth-order valence-electron chi connectivity index (χ4n) is 3.29.